The summed E-state index contributed by atoms with van der Waals surface area (Å²) in [5, 5.41) is 2.99. The molecule has 1 N–H and O–H groups in total. The molecule has 0 radical (unpaired) electrons. The minimum atomic E-state index is -0.372. The van der Waals surface area contributed by atoms with Crippen molar-refractivity contribution in [1.29, 1.82) is 0 Å². The summed E-state index contributed by atoms with van der Waals surface area (Å²) in [5.74, 6) is 0.467. The van der Waals surface area contributed by atoms with Gasteiger partial charge in [0.25, 0.3) is 0 Å². The zero-order valence-corrected chi connectivity index (χ0v) is 12.5. The van der Waals surface area contributed by atoms with Crippen LogP contribution in [-0.4, -0.2) is 16.5 Å². The second-order valence-electron chi connectivity index (χ2n) is 3.83. The zero-order valence-electron chi connectivity index (χ0n) is 10.1. The van der Waals surface area contributed by atoms with Crippen LogP contribution in [0.25, 0.3) is 10.7 Å². The molecule has 0 amide bonds. The standard InChI is InChI=1S/C12H13BrFN3S/c1-3-6-15-12-10(14)7(2)16-11(17-12)8-4-5-9(13)18-8/h4-5H,3,6H2,1-2H3,(H,15,16,17). The fraction of sp³-hybridized carbons (Fsp3) is 0.333. The highest BCUT2D eigenvalue weighted by Crippen LogP contribution is 2.30. The number of anilines is 1. The Morgan fingerprint density at radius 3 is 2.78 bits per heavy atom. The number of nitrogens with one attached hydrogen (secondary N) is 1. The molecule has 18 heavy (non-hydrogen) atoms. The van der Waals surface area contributed by atoms with Gasteiger partial charge in [0, 0.05) is 6.54 Å². The monoisotopic (exact) mass is 329 g/mol. The van der Waals surface area contributed by atoms with Gasteiger partial charge in [-0.3, -0.25) is 0 Å². The highest BCUT2D eigenvalue weighted by atomic mass is 79.9. The Hall–Kier alpha value is -1.01. The van der Waals surface area contributed by atoms with E-state index in [4.69, 9.17) is 0 Å². The Morgan fingerprint density at radius 1 is 1.39 bits per heavy atom. The maximum atomic E-state index is 13.8. The largest absolute Gasteiger partial charge is 0.368 e. The molecule has 0 fully saturated rings. The molecule has 0 atom stereocenters. The molecule has 0 spiro atoms. The summed E-state index contributed by atoms with van der Waals surface area (Å²) in [4.78, 5) is 9.36. The van der Waals surface area contributed by atoms with Crippen LogP contribution in [-0.2, 0) is 0 Å². The van der Waals surface area contributed by atoms with Gasteiger partial charge in [0.1, 0.15) is 0 Å². The van der Waals surface area contributed by atoms with Crippen LogP contribution in [0.15, 0.2) is 15.9 Å². The SMILES string of the molecule is CCCNc1nc(-c2ccc(Br)s2)nc(C)c1F. The summed E-state index contributed by atoms with van der Waals surface area (Å²) >= 11 is 4.93. The molecule has 0 unspecified atom stereocenters. The second kappa shape index (κ2) is 5.75. The molecular weight excluding hydrogens is 317 g/mol. The molecular formula is C12H13BrFN3S. The third-order valence-electron chi connectivity index (χ3n) is 2.35. The van der Waals surface area contributed by atoms with Crippen molar-refractivity contribution < 1.29 is 4.39 Å². The maximum Gasteiger partial charge on any atom is 0.186 e. The molecule has 0 saturated heterocycles. The average Bonchev–Trinajstić information content (AvgIpc) is 2.77. The van der Waals surface area contributed by atoms with Gasteiger partial charge >= 0.3 is 0 Å². The molecule has 3 nitrogen and oxygen atoms in total. The van der Waals surface area contributed by atoms with Crippen LogP contribution in [0.5, 0.6) is 0 Å². The first-order valence-electron chi connectivity index (χ1n) is 5.65. The van der Waals surface area contributed by atoms with Crippen molar-refractivity contribution in [2.45, 2.75) is 20.3 Å². The van der Waals surface area contributed by atoms with Crippen LogP contribution in [0, 0.1) is 12.7 Å². The third kappa shape index (κ3) is 2.87. The van der Waals surface area contributed by atoms with Crippen LogP contribution in [0.4, 0.5) is 10.2 Å². The number of thiophene rings is 1. The Morgan fingerprint density at radius 2 is 2.17 bits per heavy atom. The summed E-state index contributed by atoms with van der Waals surface area (Å²) < 4.78 is 14.8. The van der Waals surface area contributed by atoms with Gasteiger partial charge in [-0.05, 0) is 41.4 Å². The minimum absolute atomic E-state index is 0.281. The molecule has 2 heterocycles. The molecule has 0 bridgehead atoms. The van der Waals surface area contributed by atoms with Gasteiger partial charge in [-0.1, -0.05) is 6.92 Å². The Labute approximate surface area is 118 Å². The predicted molar refractivity (Wildman–Crippen MR) is 76.5 cm³/mol. The molecule has 6 heteroatoms. The van der Waals surface area contributed by atoms with Gasteiger partial charge in [-0.2, -0.15) is 0 Å². The van der Waals surface area contributed by atoms with E-state index in [1.165, 1.54) is 11.3 Å². The van der Waals surface area contributed by atoms with Crippen molar-refractivity contribution in [3.8, 4) is 10.7 Å². The van der Waals surface area contributed by atoms with Gasteiger partial charge in [-0.15, -0.1) is 11.3 Å². The highest BCUT2D eigenvalue weighted by Gasteiger charge is 2.13. The quantitative estimate of drug-likeness (QED) is 0.911. The number of hydrogen-bond acceptors (Lipinski definition) is 4. The molecule has 0 aliphatic carbocycles. The topological polar surface area (TPSA) is 37.8 Å². The lowest BCUT2D eigenvalue weighted by atomic mass is 10.3. The zero-order chi connectivity index (χ0) is 13.1. The molecule has 0 aliphatic heterocycles. The van der Waals surface area contributed by atoms with Gasteiger partial charge in [0.2, 0.25) is 0 Å². The van der Waals surface area contributed by atoms with Crippen LogP contribution < -0.4 is 5.32 Å². The van der Waals surface area contributed by atoms with Gasteiger partial charge in [0.15, 0.2) is 17.5 Å². The Kier molecular flexibility index (Phi) is 4.29. The summed E-state index contributed by atoms with van der Waals surface area (Å²) in [7, 11) is 0. The Balaban J connectivity index is 2.40. The highest BCUT2D eigenvalue weighted by molar-refractivity contribution is 9.11. The van der Waals surface area contributed by atoms with E-state index in [-0.39, 0.29) is 11.6 Å². The molecule has 2 aromatic heterocycles. The summed E-state index contributed by atoms with van der Waals surface area (Å²) in [6, 6.07) is 3.85. The van der Waals surface area contributed by atoms with Crippen molar-refractivity contribution in [3.05, 3.63) is 27.4 Å². The third-order valence-corrected chi connectivity index (χ3v) is 3.97. The minimum Gasteiger partial charge on any atom is -0.368 e. The molecule has 2 aromatic rings. The van der Waals surface area contributed by atoms with Crippen LogP contribution in [0.1, 0.15) is 19.0 Å². The van der Waals surface area contributed by atoms with E-state index in [0.29, 0.717) is 18.1 Å². The lowest BCUT2D eigenvalue weighted by molar-refractivity contribution is 0.605. The van der Waals surface area contributed by atoms with Crippen LogP contribution >= 0.6 is 27.3 Å². The number of nitrogens with zero attached hydrogens (tertiary/aromatic N) is 2. The summed E-state index contributed by atoms with van der Waals surface area (Å²) in [5.41, 5.74) is 0.364. The first kappa shape index (κ1) is 13.4. The van der Waals surface area contributed by atoms with E-state index < -0.39 is 0 Å². The van der Waals surface area contributed by atoms with E-state index in [2.05, 4.69) is 31.2 Å². The normalized spacial score (nSPS) is 10.7. The van der Waals surface area contributed by atoms with E-state index in [1.54, 1.807) is 6.92 Å². The smallest absolute Gasteiger partial charge is 0.186 e. The first-order chi connectivity index (χ1) is 8.61. The van der Waals surface area contributed by atoms with E-state index in [9.17, 15) is 4.39 Å². The average molecular weight is 330 g/mol. The fourth-order valence-corrected chi connectivity index (χ4v) is 2.78. The lowest BCUT2D eigenvalue weighted by Crippen LogP contribution is -2.07. The molecule has 96 valence electrons. The van der Waals surface area contributed by atoms with E-state index in [0.717, 1.165) is 15.1 Å². The molecule has 2 rings (SSSR count). The summed E-state index contributed by atoms with van der Waals surface area (Å²) in [6.07, 6.45) is 0.919. The van der Waals surface area contributed by atoms with Gasteiger partial charge in [0.05, 0.1) is 14.4 Å². The van der Waals surface area contributed by atoms with Crippen molar-refractivity contribution >= 4 is 33.1 Å². The van der Waals surface area contributed by atoms with E-state index >= 15 is 0 Å². The maximum absolute atomic E-state index is 13.8. The summed E-state index contributed by atoms with van der Waals surface area (Å²) in [6.45, 7) is 4.37. The van der Waals surface area contributed by atoms with Crippen molar-refractivity contribution in [1.82, 2.24) is 9.97 Å². The van der Waals surface area contributed by atoms with E-state index in [1.807, 2.05) is 19.1 Å². The number of halogens is 2. The van der Waals surface area contributed by atoms with Crippen molar-refractivity contribution in [3.63, 3.8) is 0 Å². The van der Waals surface area contributed by atoms with Crippen molar-refractivity contribution in [2.24, 2.45) is 0 Å². The number of aromatic nitrogens is 2. The molecule has 0 aromatic carbocycles. The number of hydrogen-bond donors (Lipinski definition) is 1. The molecule has 0 aliphatic rings. The Bertz CT molecular complexity index is 556. The van der Waals surface area contributed by atoms with Crippen LogP contribution in [0.2, 0.25) is 0 Å². The van der Waals surface area contributed by atoms with Gasteiger partial charge in [-0.25, -0.2) is 14.4 Å². The number of aryl methyl sites for hydroxylation is 1. The lowest BCUT2D eigenvalue weighted by Gasteiger charge is -2.08. The van der Waals surface area contributed by atoms with Gasteiger partial charge < -0.3 is 5.32 Å². The second-order valence-corrected chi connectivity index (χ2v) is 6.29. The van der Waals surface area contributed by atoms with Crippen molar-refractivity contribution in [2.75, 3.05) is 11.9 Å². The molecule has 0 saturated carbocycles. The number of rotatable bonds is 4. The predicted octanol–water partition coefficient (Wildman–Crippen LogP) is 4.24. The first-order valence-corrected chi connectivity index (χ1v) is 7.26. The van der Waals surface area contributed by atoms with Crippen LogP contribution in [0.3, 0.4) is 0 Å². The fourth-order valence-electron chi connectivity index (χ4n) is 1.46.